The van der Waals surface area contributed by atoms with E-state index in [9.17, 15) is 18.3 Å². The van der Waals surface area contributed by atoms with E-state index in [-0.39, 0.29) is 109 Å². The van der Waals surface area contributed by atoms with Crippen molar-refractivity contribution in [3.8, 4) is 0 Å². The number of nitrogens with one attached hydrogen (secondary N) is 1. The van der Waals surface area contributed by atoms with Crippen LogP contribution in [0.4, 0.5) is 0 Å². The molecular formula is C63H109ClMgN2O12P4. The van der Waals surface area contributed by atoms with Gasteiger partial charge in [0.05, 0.1) is 61.2 Å². The van der Waals surface area contributed by atoms with Crippen LogP contribution in [0.15, 0.2) is 121 Å². The molecule has 0 amide bonds. The maximum Gasteiger partial charge on any atom is 2.00 e. The van der Waals surface area contributed by atoms with Crippen molar-refractivity contribution in [2.45, 2.75) is 220 Å². The van der Waals surface area contributed by atoms with Crippen LogP contribution in [0.5, 0.6) is 0 Å². The first-order chi connectivity index (χ1) is 37.3. The van der Waals surface area contributed by atoms with E-state index < -0.39 is 30.7 Å². The van der Waals surface area contributed by atoms with Crippen LogP contribution in [0.1, 0.15) is 169 Å². The van der Waals surface area contributed by atoms with E-state index in [1.807, 2.05) is 203 Å². The Bertz CT molecular complexity index is 2230. The number of benzene rings is 4. The predicted molar refractivity (Wildman–Crippen MR) is 345 cm³/mol. The van der Waals surface area contributed by atoms with Gasteiger partial charge >= 0.3 is 53.7 Å². The molecule has 5 atom stereocenters. The zero-order valence-electron chi connectivity index (χ0n) is 53.4. The second kappa shape index (κ2) is 44.8. The van der Waals surface area contributed by atoms with Gasteiger partial charge in [-0.3, -0.25) is 27.2 Å². The average Bonchev–Trinajstić information content (AvgIpc) is 4.08. The minimum Gasteiger partial charge on any atom is -1.00 e. The fraction of sp³-hybridized carbons (Fsp3) is 0.619. The van der Waals surface area contributed by atoms with Crippen molar-refractivity contribution in [2.24, 2.45) is 11.8 Å². The van der Waals surface area contributed by atoms with Crippen LogP contribution in [0, 0.1) is 17.9 Å². The molecule has 0 aliphatic carbocycles. The molecule has 1 heterocycles. The third-order valence-electron chi connectivity index (χ3n) is 10.5. The molecule has 0 spiro atoms. The minimum atomic E-state index is -3.26. The molecule has 5 unspecified atom stereocenters. The Labute approximate surface area is 527 Å². The second-order valence-electron chi connectivity index (χ2n) is 22.6. The summed E-state index contributed by atoms with van der Waals surface area (Å²) in [6.07, 6.45) is 1.84. The molecule has 14 nitrogen and oxygen atoms in total. The third-order valence-corrected chi connectivity index (χ3v) is 20.1. The summed E-state index contributed by atoms with van der Waals surface area (Å²) < 4.78 is 96.3. The molecule has 1 N–H and O–H groups in total. The van der Waals surface area contributed by atoms with Gasteiger partial charge in [0, 0.05) is 19.1 Å². The van der Waals surface area contributed by atoms with Crippen molar-refractivity contribution < 1.29 is 66.9 Å². The standard InChI is InChI=1S/2C16H27O3P.C15H26NO3P.C9H20NO3P.C6H5.CH4.ClH.Mg/c2*1-13(2)18-20(17,19-14(3)4)12-15(5)11-16-9-7-6-8-10-16;1-12(2)18-20(17,19-13(3)4)16-11-14(5)15-9-7-6-8-10-15;1-7(2)12-14(11,13-8(3)4)10-6-9(10)5;1-2-4-6-5-3-1;;;/h2*6-10,13-15H,11-12H2,1-5H3;6-10,12-14H,11H2,1-5H3,(H,16,17);7-9H,6H2,1-5H3;1-5H;1H4;1H;/q;;;;-1;;;+2/p-1. The van der Waals surface area contributed by atoms with Crippen molar-refractivity contribution >= 4 is 53.7 Å². The van der Waals surface area contributed by atoms with Gasteiger partial charge in [0.15, 0.2) is 0 Å². The van der Waals surface area contributed by atoms with E-state index in [0.717, 1.165) is 19.4 Å². The molecule has 1 saturated heterocycles. The molecule has 1 fully saturated rings. The van der Waals surface area contributed by atoms with Crippen molar-refractivity contribution in [1.29, 1.82) is 0 Å². The summed E-state index contributed by atoms with van der Waals surface area (Å²) in [4.78, 5) is 0. The topological polar surface area (TPSA) is 157 Å². The van der Waals surface area contributed by atoms with Crippen LogP contribution in [0.25, 0.3) is 0 Å². The first-order valence-electron chi connectivity index (χ1n) is 28.7. The molecule has 1 aliphatic rings. The summed E-state index contributed by atoms with van der Waals surface area (Å²) in [6, 6.07) is 43.4. The van der Waals surface area contributed by atoms with E-state index in [1.165, 1.54) is 16.7 Å². The maximum absolute atomic E-state index is 12.8. The Kier molecular flexibility index (Phi) is 46.3. The number of rotatable bonds is 29. The Hall–Kier alpha value is -1.54. The van der Waals surface area contributed by atoms with Crippen molar-refractivity contribution in [2.75, 3.05) is 25.4 Å². The predicted octanol–water partition coefficient (Wildman–Crippen LogP) is 15.5. The van der Waals surface area contributed by atoms with Gasteiger partial charge in [0.2, 0.25) is 0 Å². The van der Waals surface area contributed by atoms with E-state index in [0.29, 0.717) is 24.9 Å². The van der Waals surface area contributed by atoms with Gasteiger partial charge in [-0.1, -0.05) is 119 Å². The molecule has 0 bridgehead atoms. The first-order valence-corrected chi connectivity index (χ1v) is 35.2. The van der Waals surface area contributed by atoms with Gasteiger partial charge < -0.3 is 30.5 Å². The minimum absolute atomic E-state index is 0. The normalized spacial score (nSPS) is 15.3. The Balaban J connectivity index is -0.000000987. The van der Waals surface area contributed by atoms with Crippen LogP contribution in [-0.4, -0.2) is 108 Å². The number of halogens is 1. The van der Waals surface area contributed by atoms with Crippen LogP contribution in [0.3, 0.4) is 0 Å². The average molecular weight is 1270 g/mol. The quantitative estimate of drug-likeness (QED) is 0.0237. The van der Waals surface area contributed by atoms with E-state index in [4.69, 9.17) is 36.2 Å². The Morgan fingerprint density at radius 2 is 0.759 bits per heavy atom. The molecule has 472 valence electrons. The van der Waals surface area contributed by atoms with Crippen LogP contribution in [0.2, 0.25) is 0 Å². The van der Waals surface area contributed by atoms with Gasteiger partial charge in [-0.25, -0.2) is 18.9 Å². The summed E-state index contributed by atoms with van der Waals surface area (Å²) in [5.41, 5.74) is 3.70. The molecule has 5 rings (SSSR count). The number of hydrogen-bond acceptors (Lipinski definition) is 12. The van der Waals surface area contributed by atoms with E-state index >= 15 is 0 Å². The van der Waals surface area contributed by atoms with Gasteiger partial charge in [-0.2, -0.15) is 36.4 Å². The molecule has 83 heavy (non-hydrogen) atoms. The summed E-state index contributed by atoms with van der Waals surface area (Å²) in [7, 11) is -12.3. The van der Waals surface area contributed by atoms with Gasteiger partial charge in [-0.15, -0.1) is 0 Å². The molecule has 0 radical (unpaired) electrons. The zero-order chi connectivity index (χ0) is 60.7. The molecule has 0 aromatic heterocycles. The first kappa shape index (κ1) is 85.7. The maximum atomic E-state index is 12.8. The molecule has 0 saturated carbocycles. The Morgan fingerprint density at radius 3 is 1.01 bits per heavy atom. The van der Waals surface area contributed by atoms with E-state index in [2.05, 4.69) is 68.3 Å². The van der Waals surface area contributed by atoms with Crippen LogP contribution >= 0.6 is 30.7 Å². The van der Waals surface area contributed by atoms with Crippen LogP contribution < -0.4 is 17.5 Å². The monoisotopic (exact) mass is 1270 g/mol. The zero-order valence-corrected chi connectivity index (χ0v) is 59.2. The summed E-state index contributed by atoms with van der Waals surface area (Å²) in [5, 5.41) is 2.97. The summed E-state index contributed by atoms with van der Waals surface area (Å²) >= 11 is 0. The fourth-order valence-electron chi connectivity index (χ4n) is 7.82. The summed E-state index contributed by atoms with van der Waals surface area (Å²) in [6.45, 7) is 39.6. The van der Waals surface area contributed by atoms with E-state index in [1.54, 1.807) is 4.67 Å². The number of hydrogen-bond donors (Lipinski definition) is 1. The van der Waals surface area contributed by atoms with Crippen molar-refractivity contribution in [1.82, 2.24) is 9.76 Å². The van der Waals surface area contributed by atoms with Crippen LogP contribution in [-0.2, 0) is 67.3 Å². The van der Waals surface area contributed by atoms with Crippen molar-refractivity contribution in [3.05, 3.63) is 144 Å². The van der Waals surface area contributed by atoms with Gasteiger partial charge in [-0.05, 0) is 165 Å². The third kappa shape index (κ3) is 42.1. The number of nitrogens with zero attached hydrogens (tertiary/aromatic N) is 1. The molecule has 4 aromatic carbocycles. The second-order valence-corrected chi connectivity index (χ2v) is 30.2. The smallest absolute Gasteiger partial charge is 1.00 e. The molecule has 20 heteroatoms. The largest absolute Gasteiger partial charge is 2.00 e. The van der Waals surface area contributed by atoms with Gasteiger partial charge in [0.25, 0.3) is 0 Å². The SMILES string of the molecule is C.CC(C)OP(=O)(NCC(C)c1ccccc1)OC(C)C.CC(C)OP(=O)(OC(C)C)N1CC1C.CC(Cc1ccccc1)CP(=O)(OC(C)C)OC(C)C.CC(Cc1ccccc1)CP(=O)(OC(C)C)OC(C)C.[Cl-].[Mg+2].[c-]1ccccc1. The Morgan fingerprint density at radius 1 is 0.470 bits per heavy atom. The molecule has 4 aromatic rings. The van der Waals surface area contributed by atoms with Gasteiger partial charge in [0.1, 0.15) is 0 Å². The van der Waals surface area contributed by atoms with Crippen molar-refractivity contribution in [3.63, 3.8) is 0 Å². The fourth-order valence-corrected chi connectivity index (χ4v) is 16.7. The molecule has 1 aliphatic heterocycles. The summed E-state index contributed by atoms with van der Waals surface area (Å²) in [5.74, 6) is 0.734. The molecular weight excluding hydrogens is 1160 g/mol.